The lowest BCUT2D eigenvalue weighted by Crippen LogP contribution is -2.37. The summed E-state index contributed by atoms with van der Waals surface area (Å²) in [6.07, 6.45) is 5.48. The van der Waals surface area contributed by atoms with Crippen molar-refractivity contribution in [3.63, 3.8) is 0 Å². The molecule has 0 fully saturated rings. The Kier molecular flexibility index (Phi) is 3.32. The van der Waals surface area contributed by atoms with Gasteiger partial charge in [-0.15, -0.1) is 0 Å². The highest BCUT2D eigenvalue weighted by Crippen LogP contribution is 2.35. The summed E-state index contributed by atoms with van der Waals surface area (Å²) in [6.45, 7) is 9.19. The van der Waals surface area contributed by atoms with Crippen LogP contribution in [0.3, 0.4) is 0 Å². The molecule has 4 aromatic rings. The molecular weight excluding hydrogens is 312 g/mol. The number of aryl methyl sites for hydroxylation is 1. The van der Waals surface area contributed by atoms with Crippen LogP contribution in [0.4, 0.5) is 0 Å². The third kappa shape index (κ3) is 2.26. The summed E-state index contributed by atoms with van der Waals surface area (Å²) in [5.41, 5.74) is 4.96. The van der Waals surface area contributed by atoms with Crippen LogP contribution in [-0.4, -0.2) is 18.0 Å². The third-order valence-corrected chi connectivity index (χ3v) is 6.53. The Morgan fingerprint density at radius 1 is 1.00 bits per heavy atom. The summed E-state index contributed by atoms with van der Waals surface area (Å²) in [6, 6.07) is 10.5. The number of rotatable bonds is 2. The molecule has 0 N–H and O–H groups in total. The Morgan fingerprint density at radius 3 is 2.58 bits per heavy atom. The van der Waals surface area contributed by atoms with Crippen LogP contribution in [0.1, 0.15) is 5.56 Å². The van der Waals surface area contributed by atoms with E-state index in [9.17, 15) is 0 Å². The molecule has 0 saturated carbocycles. The molecule has 0 aliphatic rings. The summed E-state index contributed by atoms with van der Waals surface area (Å²) in [5.74, 6) is 0. The first-order valence-electron chi connectivity index (χ1n) is 8.18. The summed E-state index contributed by atoms with van der Waals surface area (Å²) in [7, 11) is -1.52. The summed E-state index contributed by atoms with van der Waals surface area (Å²) >= 11 is 0. The van der Waals surface area contributed by atoms with E-state index in [2.05, 4.69) is 60.8 Å². The second-order valence-electron chi connectivity index (χ2n) is 7.26. The number of benzene rings is 1. The normalized spacial score (nSPS) is 12.2. The first kappa shape index (κ1) is 15.1. The fourth-order valence-electron chi connectivity index (χ4n) is 3.31. The third-order valence-electron chi connectivity index (χ3n) is 4.50. The molecule has 0 radical (unpaired) electrons. The van der Waals surface area contributed by atoms with E-state index in [-0.39, 0.29) is 0 Å². The van der Waals surface area contributed by atoms with Crippen molar-refractivity contribution in [2.24, 2.45) is 0 Å². The van der Waals surface area contributed by atoms with Gasteiger partial charge in [-0.1, -0.05) is 31.8 Å². The van der Waals surface area contributed by atoms with Gasteiger partial charge in [0, 0.05) is 28.7 Å². The van der Waals surface area contributed by atoms with Crippen LogP contribution >= 0.6 is 0 Å². The highest BCUT2D eigenvalue weighted by Gasteiger charge is 2.25. The van der Waals surface area contributed by atoms with Gasteiger partial charge < -0.3 is 4.42 Å². The molecular formula is C20H20N2OSi. The second kappa shape index (κ2) is 5.28. The summed E-state index contributed by atoms with van der Waals surface area (Å²) in [5, 5.41) is 3.79. The minimum atomic E-state index is -1.52. The van der Waals surface area contributed by atoms with E-state index in [1.165, 1.54) is 10.6 Å². The Bertz CT molecular complexity index is 1060. The Morgan fingerprint density at radius 2 is 1.83 bits per heavy atom. The topological polar surface area (TPSA) is 38.9 Å². The first-order valence-corrected chi connectivity index (χ1v) is 11.7. The lowest BCUT2D eigenvalue weighted by atomic mass is 10.0. The molecule has 1 aromatic carbocycles. The zero-order chi connectivity index (χ0) is 16.9. The van der Waals surface area contributed by atoms with Crippen molar-refractivity contribution in [2.75, 3.05) is 0 Å². The summed E-state index contributed by atoms with van der Waals surface area (Å²) in [4.78, 5) is 8.82. The predicted molar refractivity (Wildman–Crippen MR) is 102 cm³/mol. The van der Waals surface area contributed by atoms with Crippen molar-refractivity contribution in [1.82, 2.24) is 9.97 Å². The van der Waals surface area contributed by atoms with Crippen molar-refractivity contribution in [1.29, 1.82) is 0 Å². The van der Waals surface area contributed by atoms with Gasteiger partial charge in [0.1, 0.15) is 5.58 Å². The van der Waals surface area contributed by atoms with Gasteiger partial charge in [-0.25, -0.2) is 0 Å². The number of aromatic nitrogens is 2. The second-order valence-corrected chi connectivity index (χ2v) is 12.3. The molecule has 0 aliphatic carbocycles. The number of nitrogens with zero attached hydrogens (tertiary/aromatic N) is 2. The monoisotopic (exact) mass is 332 g/mol. The lowest BCUT2D eigenvalue weighted by molar-refractivity contribution is 0.668. The maximum atomic E-state index is 6.25. The van der Waals surface area contributed by atoms with Gasteiger partial charge in [0.15, 0.2) is 5.58 Å². The van der Waals surface area contributed by atoms with Crippen molar-refractivity contribution < 1.29 is 4.42 Å². The molecule has 120 valence electrons. The quantitative estimate of drug-likeness (QED) is 0.490. The fraction of sp³-hybridized carbons (Fsp3) is 0.200. The van der Waals surface area contributed by atoms with E-state index in [1.807, 2.05) is 18.5 Å². The van der Waals surface area contributed by atoms with Gasteiger partial charge in [0.25, 0.3) is 0 Å². The van der Waals surface area contributed by atoms with Crippen LogP contribution in [0.2, 0.25) is 19.6 Å². The average molecular weight is 332 g/mol. The smallest absolute Gasteiger partial charge is 0.153 e. The van der Waals surface area contributed by atoms with Gasteiger partial charge >= 0.3 is 0 Å². The standard InChI is InChI=1S/C20H20N2OSi/c1-13-6-5-10-22-19(13)15-7-8-17(24(2,3)4)18-14-9-11-21-12-16(14)23-20(15)18/h5-12H,1-4H3. The van der Waals surface area contributed by atoms with Crippen LogP contribution in [0, 0.1) is 6.92 Å². The van der Waals surface area contributed by atoms with Crippen LogP contribution in [0.25, 0.3) is 33.2 Å². The van der Waals surface area contributed by atoms with Crippen molar-refractivity contribution in [3.8, 4) is 11.3 Å². The van der Waals surface area contributed by atoms with Crippen molar-refractivity contribution in [2.45, 2.75) is 26.6 Å². The Hall–Kier alpha value is -2.46. The molecule has 0 aliphatic heterocycles. The SMILES string of the molecule is Cc1cccnc1-c1ccc([Si](C)(C)C)c2c1oc1cnccc12. The van der Waals surface area contributed by atoms with Crippen LogP contribution in [0.5, 0.6) is 0 Å². The van der Waals surface area contributed by atoms with E-state index >= 15 is 0 Å². The molecule has 3 nitrogen and oxygen atoms in total. The molecule has 0 atom stereocenters. The number of hydrogen-bond donors (Lipinski definition) is 0. The van der Waals surface area contributed by atoms with Crippen LogP contribution < -0.4 is 5.19 Å². The minimum Gasteiger partial charge on any atom is -0.454 e. The molecule has 0 amide bonds. The zero-order valence-electron chi connectivity index (χ0n) is 14.4. The van der Waals surface area contributed by atoms with Crippen molar-refractivity contribution in [3.05, 3.63) is 54.5 Å². The van der Waals surface area contributed by atoms with E-state index in [4.69, 9.17) is 4.42 Å². The van der Waals surface area contributed by atoms with E-state index in [0.29, 0.717) is 0 Å². The Balaban J connectivity index is 2.17. The van der Waals surface area contributed by atoms with Gasteiger partial charge in [0.2, 0.25) is 0 Å². The van der Waals surface area contributed by atoms with E-state index < -0.39 is 8.07 Å². The van der Waals surface area contributed by atoms with Crippen LogP contribution in [0.15, 0.2) is 53.3 Å². The minimum absolute atomic E-state index is 0.841. The zero-order valence-corrected chi connectivity index (χ0v) is 15.4. The molecule has 0 unspecified atom stereocenters. The molecule has 0 saturated heterocycles. The highest BCUT2D eigenvalue weighted by atomic mass is 28.3. The van der Waals surface area contributed by atoms with Gasteiger partial charge in [-0.05, 0) is 35.9 Å². The molecule has 24 heavy (non-hydrogen) atoms. The maximum absolute atomic E-state index is 6.25. The molecule has 0 bridgehead atoms. The molecule has 3 aromatic heterocycles. The maximum Gasteiger partial charge on any atom is 0.153 e. The van der Waals surface area contributed by atoms with Gasteiger partial charge in [0.05, 0.1) is 20.0 Å². The number of fused-ring (bicyclic) bond motifs is 3. The molecule has 4 rings (SSSR count). The van der Waals surface area contributed by atoms with Gasteiger partial charge in [-0.3, -0.25) is 9.97 Å². The fourth-order valence-corrected chi connectivity index (χ4v) is 4.89. The first-order chi connectivity index (χ1) is 11.5. The number of pyridine rings is 2. The Labute approximate surface area is 142 Å². The summed E-state index contributed by atoms with van der Waals surface area (Å²) < 4.78 is 6.25. The number of furan rings is 1. The molecule has 0 spiro atoms. The lowest BCUT2D eigenvalue weighted by Gasteiger charge is -2.19. The molecule has 4 heteroatoms. The molecule has 3 heterocycles. The predicted octanol–water partition coefficient (Wildman–Crippen LogP) is 4.90. The van der Waals surface area contributed by atoms with Crippen molar-refractivity contribution >= 4 is 35.2 Å². The van der Waals surface area contributed by atoms with Crippen LogP contribution in [-0.2, 0) is 0 Å². The average Bonchev–Trinajstić information content (AvgIpc) is 2.93. The van der Waals surface area contributed by atoms with Gasteiger partial charge in [-0.2, -0.15) is 0 Å². The largest absolute Gasteiger partial charge is 0.454 e. The number of hydrogen-bond acceptors (Lipinski definition) is 3. The van der Waals surface area contributed by atoms with E-state index in [0.717, 1.165) is 33.4 Å². The van der Waals surface area contributed by atoms with E-state index in [1.54, 1.807) is 6.20 Å². The highest BCUT2D eigenvalue weighted by molar-refractivity contribution is 6.90.